The van der Waals surface area contributed by atoms with Gasteiger partial charge in [-0.15, -0.1) is 0 Å². The number of carbonyl (C=O) groups is 4. The molecule has 0 saturated heterocycles. The zero-order chi connectivity index (χ0) is 20.5. The van der Waals surface area contributed by atoms with Gasteiger partial charge in [-0.1, -0.05) is 0 Å². The number of aromatic nitrogens is 1. The van der Waals surface area contributed by atoms with E-state index in [1.54, 1.807) is 20.8 Å². The van der Waals surface area contributed by atoms with E-state index in [2.05, 4.69) is 5.32 Å². The number of amides is 1. The maximum Gasteiger partial charge on any atom is 0.217 e. The van der Waals surface area contributed by atoms with Crippen molar-refractivity contribution in [1.29, 1.82) is 0 Å². The summed E-state index contributed by atoms with van der Waals surface area (Å²) in [5.74, 6) is -1.21. The highest BCUT2D eigenvalue weighted by Gasteiger charge is 2.57. The number of rotatable bonds is 3. The summed E-state index contributed by atoms with van der Waals surface area (Å²) in [6.45, 7) is 11.7. The number of hydrogen-bond acceptors (Lipinski definition) is 4. The van der Waals surface area contributed by atoms with Crippen LogP contribution >= 0.6 is 0 Å². The molecule has 2 heterocycles. The predicted molar refractivity (Wildman–Crippen MR) is 101 cm³/mol. The molecular formula is C21H26N2O4. The van der Waals surface area contributed by atoms with E-state index in [4.69, 9.17) is 0 Å². The normalized spacial score (nSPS) is 24.0. The second kappa shape index (κ2) is 5.50. The first kappa shape index (κ1) is 19.3. The molecule has 3 rings (SSSR count). The van der Waals surface area contributed by atoms with Crippen LogP contribution in [-0.4, -0.2) is 33.4 Å². The number of fused-ring (bicyclic) bond motifs is 2. The molecule has 0 spiro atoms. The van der Waals surface area contributed by atoms with Crippen molar-refractivity contribution in [1.82, 2.24) is 9.88 Å². The first-order valence-electron chi connectivity index (χ1n) is 9.10. The summed E-state index contributed by atoms with van der Waals surface area (Å²) in [6, 6.07) is 1.89. The Bertz CT molecular complexity index is 945. The van der Waals surface area contributed by atoms with Crippen LogP contribution in [0, 0.1) is 12.3 Å². The van der Waals surface area contributed by atoms with Gasteiger partial charge in [0.25, 0.3) is 0 Å². The van der Waals surface area contributed by atoms with Crippen LogP contribution in [0.5, 0.6) is 0 Å². The monoisotopic (exact) mass is 370 g/mol. The fraction of sp³-hybridized carbons (Fsp3) is 0.524. The second-order valence-corrected chi connectivity index (χ2v) is 8.99. The van der Waals surface area contributed by atoms with Gasteiger partial charge in [0, 0.05) is 24.3 Å². The molecule has 1 aliphatic heterocycles. The largest absolute Gasteiger partial charge is 0.344 e. The first-order valence-corrected chi connectivity index (χ1v) is 9.10. The highest BCUT2D eigenvalue weighted by molar-refractivity contribution is 6.38. The minimum Gasteiger partial charge on any atom is -0.344 e. The Hall–Kier alpha value is -2.50. The van der Waals surface area contributed by atoms with E-state index in [0.29, 0.717) is 16.8 Å². The molecule has 0 saturated carbocycles. The van der Waals surface area contributed by atoms with Crippen LogP contribution in [0.4, 0.5) is 0 Å². The third-order valence-electron chi connectivity index (χ3n) is 5.76. The van der Waals surface area contributed by atoms with Crippen molar-refractivity contribution < 1.29 is 19.2 Å². The summed E-state index contributed by atoms with van der Waals surface area (Å²) >= 11 is 0. The van der Waals surface area contributed by atoms with Crippen LogP contribution in [0.1, 0.15) is 59.2 Å². The van der Waals surface area contributed by atoms with Crippen LogP contribution in [0.15, 0.2) is 17.8 Å². The van der Waals surface area contributed by atoms with Crippen LogP contribution in [0.2, 0.25) is 0 Å². The predicted octanol–water partition coefficient (Wildman–Crippen LogP) is 2.33. The third kappa shape index (κ3) is 2.53. The minimum absolute atomic E-state index is 0.0650. The molecule has 1 aliphatic carbocycles. The van der Waals surface area contributed by atoms with Crippen LogP contribution in [-0.2, 0) is 24.7 Å². The van der Waals surface area contributed by atoms with Crippen molar-refractivity contribution in [2.75, 3.05) is 0 Å². The Morgan fingerprint density at radius 1 is 1.15 bits per heavy atom. The lowest BCUT2D eigenvalue weighted by Gasteiger charge is -2.33. The van der Waals surface area contributed by atoms with Gasteiger partial charge >= 0.3 is 0 Å². The van der Waals surface area contributed by atoms with Crippen molar-refractivity contribution in [3.05, 3.63) is 29.1 Å². The van der Waals surface area contributed by atoms with E-state index in [-0.39, 0.29) is 29.7 Å². The zero-order valence-electron chi connectivity index (χ0n) is 16.9. The molecule has 0 unspecified atom stereocenters. The third-order valence-corrected chi connectivity index (χ3v) is 5.76. The van der Waals surface area contributed by atoms with Crippen molar-refractivity contribution >= 4 is 28.8 Å². The van der Waals surface area contributed by atoms with Gasteiger partial charge in [-0.2, -0.15) is 0 Å². The zero-order valence-corrected chi connectivity index (χ0v) is 16.9. The highest BCUT2D eigenvalue weighted by Crippen LogP contribution is 2.50. The molecular weight excluding hydrogens is 344 g/mol. The van der Waals surface area contributed by atoms with Gasteiger partial charge in [-0.25, -0.2) is 0 Å². The second-order valence-electron chi connectivity index (χ2n) is 8.99. The molecule has 2 aliphatic rings. The number of allylic oxidation sites excluding steroid dienone is 2. The number of hydrogen-bond donors (Lipinski definition) is 1. The molecule has 1 aromatic rings. The van der Waals surface area contributed by atoms with Crippen LogP contribution < -0.4 is 5.32 Å². The molecule has 0 radical (unpaired) electrons. The quantitative estimate of drug-likeness (QED) is 0.828. The first-order chi connectivity index (χ1) is 12.2. The van der Waals surface area contributed by atoms with Gasteiger partial charge in [0.2, 0.25) is 5.91 Å². The molecule has 144 valence electrons. The Morgan fingerprint density at radius 2 is 1.74 bits per heavy atom. The summed E-state index contributed by atoms with van der Waals surface area (Å²) in [5.41, 5.74) is -0.995. The molecule has 27 heavy (non-hydrogen) atoms. The van der Waals surface area contributed by atoms with Gasteiger partial charge in [-0.05, 0) is 59.6 Å². The number of carbonyl (C=O) groups excluding carboxylic acids is 4. The van der Waals surface area contributed by atoms with Gasteiger partial charge in [-0.3, -0.25) is 19.2 Å². The SMILES string of the molecule is CC(=O)NC(C)(C)C(=O)[C@@]1(C)CC2=C(C1=O)c1cc(C)cn1C(C)(C)C2=O. The summed E-state index contributed by atoms with van der Waals surface area (Å²) in [7, 11) is 0. The summed E-state index contributed by atoms with van der Waals surface area (Å²) in [5, 5.41) is 2.62. The molecule has 0 aromatic carbocycles. The molecule has 0 bridgehead atoms. The number of nitrogens with zero attached hydrogens (tertiary/aromatic N) is 1. The molecule has 1 aromatic heterocycles. The Labute approximate surface area is 159 Å². The van der Waals surface area contributed by atoms with Crippen LogP contribution in [0.3, 0.4) is 0 Å². The topological polar surface area (TPSA) is 85.2 Å². The standard InChI is InChI=1S/C21H26N2O4/c1-11-8-14-15-13(16(25)20(5,6)23(14)10-11)9-21(7,17(15)26)18(27)19(3,4)22-12(2)24/h8,10H,9H2,1-7H3,(H,22,24)/t21-/m0/s1. The summed E-state index contributed by atoms with van der Waals surface area (Å²) in [6.07, 6.45) is 1.93. The summed E-state index contributed by atoms with van der Waals surface area (Å²) < 4.78 is 1.83. The fourth-order valence-electron chi connectivity index (χ4n) is 4.50. The van der Waals surface area contributed by atoms with Crippen molar-refractivity contribution in [3.63, 3.8) is 0 Å². The van der Waals surface area contributed by atoms with Gasteiger partial charge in [0.15, 0.2) is 17.3 Å². The highest BCUT2D eigenvalue weighted by atomic mass is 16.2. The minimum atomic E-state index is -1.38. The number of aryl methyl sites for hydroxylation is 1. The molecule has 1 amide bonds. The van der Waals surface area contributed by atoms with E-state index in [9.17, 15) is 19.2 Å². The van der Waals surface area contributed by atoms with Gasteiger partial charge < -0.3 is 9.88 Å². The maximum absolute atomic E-state index is 13.4. The molecule has 1 atom stereocenters. The van der Waals surface area contributed by atoms with Crippen molar-refractivity contribution in [2.45, 2.75) is 66.0 Å². The number of nitrogens with one attached hydrogen (secondary N) is 1. The Kier molecular flexibility index (Phi) is 3.93. The number of ketones is 3. The van der Waals surface area contributed by atoms with E-state index >= 15 is 0 Å². The van der Waals surface area contributed by atoms with E-state index < -0.39 is 16.5 Å². The number of Topliss-reactive ketones (excluding diaryl/α,β-unsaturated/α-hetero) is 3. The lowest BCUT2D eigenvalue weighted by atomic mass is 9.73. The van der Waals surface area contributed by atoms with Crippen LogP contribution in [0.25, 0.3) is 5.57 Å². The van der Waals surface area contributed by atoms with E-state index in [1.807, 2.05) is 37.6 Å². The molecule has 6 nitrogen and oxygen atoms in total. The Balaban J connectivity index is 2.12. The average molecular weight is 370 g/mol. The molecule has 6 heteroatoms. The lowest BCUT2D eigenvalue weighted by molar-refractivity contribution is -0.142. The lowest BCUT2D eigenvalue weighted by Crippen LogP contribution is -2.55. The maximum atomic E-state index is 13.4. The molecule has 1 N–H and O–H groups in total. The van der Waals surface area contributed by atoms with Gasteiger partial charge in [0.1, 0.15) is 5.54 Å². The van der Waals surface area contributed by atoms with Gasteiger partial charge in [0.05, 0.1) is 16.6 Å². The van der Waals surface area contributed by atoms with E-state index in [0.717, 1.165) is 5.56 Å². The average Bonchev–Trinajstić information content (AvgIpc) is 3.03. The summed E-state index contributed by atoms with van der Waals surface area (Å²) in [4.78, 5) is 51.4. The fourth-order valence-corrected chi connectivity index (χ4v) is 4.50. The van der Waals surface area contributed by atoms with Crippen molar-refractivity contribution in [2.24, 2.45) is 5.41 Å². The molecule has 0 fully saturated rings. The van der Waals surface area contributed by atoms with Crippen molar-refractivity contribution in [3.8, 4) is 0 Å². The van der Waals surface area contributed by atoms with E-state index in [1.165, 1.54) is 6.92 Å². The Morgan fingerprint density at radius 3 is 2.30 bits per heavy atom. The smallest absolute Gasteiger partial charge is 0.217 e.